The summed E-state index contributed by atoms with van der Waals surface area (Å²) >= 11 is 9.34. The van der Waals surface area contributed by atoms with Crippen LogP contribution in [0, 0.1) is 12.7 Å². The minimum absolute atomic E-state index is 0.295. The zero-order valence-electron chi connectivity index (χ0n) is 10.7. The third-order valence-corrected chi connectivity index (χ3v) is 3.97. The van der Waals surface area contributed by atoms with Gasteiger partial charge in [0.05, 0.1) is 27.4 Å². The molecule has 0 bridgehead atoms. The van der Waals surface area contributed by atoms with Crippen LogP contribution >= 0.6 is 27.5 Å². The second-order valence-electron chi connectivity index (χ2n) is 4.14. The second kappa shape index (κ2) is 5.92. The summed E-state index contributed by atoms with van der Waals surface area (Å²) in [6, 6.07) is 4.92. The largest absolute Gasteiger partial charge is 0.379 e. The third kappa shape index (κ3) is 3.09. The summed E-state index contributed by atoms with van der Waals surface area (Å²) < 4.78 is 15.7. The molecule has 0 amide bonds. The first-order valence-corrected chi connectivity index (χ1v) is 7.10. The van der Waals surface area contributed by atoms with Crippen LogP contribution in [0.15, 0.2) is 22.7 Å². The molecule has 0 spiro atoms. The predicted molar refractivity (Wildman–Crippen MR) is 79.1 cm³/mol. The summed E-state index contributed by atoms with van der Waals surface area (Å²) in [5.74, 6) is -0.295. The molecule has 3 nitrogen and oxygen atoms in total. The van der Waals surface area contributed by atoms with Crippen molar-refractivity contribution in [3.63, 3.8) is 0 Å². The molecular formula is C13H14BrClFN3. The van der Waals surface area contributed by atoms with E-state index in [1.807, 2.05) is 18.5 Å². The fraction of sp³-hybridized carbons (Fsp3) is 0.308. The van der Waals surface area contributed by atoms with Crippen molar-refractivity contribution in [1.29, 1.82) is 0 Å². The van der Waals surface area contributed by atoms with Crippen LogP contribution < -0.4 is 5.32 Å². The number of nitrogens with zero attached hydrogens (tertiary/aromatic N) is 2. The number of halogens is 3. The van der Waals surface area contributed by atoms with Gasteiger partial charge in [-0.3, -0.25) is 4.68 Å². The number of hydrogen-bond donors (Lipinski definition) is 1. The summed E-state index contributed by atoms with van der Waals surface area (Å²) in [6.45, 7) is 5.14. The smallest absolute Gasteiger partial charge is 0.139 e. The molecule has 19 heavy (non-hydrogen) atoms. The van der Waals surface area contributed by atoms with Crippen molar-refractivity contribution in [2.45, 2.75) is 26.9 Å². The van der Waals surface area contributed by atoms with E-state index in [0.29, 0.717) is 21.7 Å². The summed E-state index contributed by atoms with van der Waals surface area (Å²) in [5.41, 5.74) is 2.42. The van der Waals surface area contributed by atoms with Crippen LogP contribution in [-0.2, 0) is 13.1 Å². The fourth-order valence-electron chi connectivity index (χ4n) is 1.83. The van der Waals surface area contributed by atoms with E-state index in [-0.39, 0.29) is 5.82 Å². The Labute approximate surface area is 124 Å². The van der Waals surface area contributed by atoms with Crippen molar-refractivity contribution in [3.05, 3.63) is 44.9 Å². The molecule has 102 valence electrons. The van der Waals surface area contributed by atoms with Crippen molar-refractivity contribution in [2.24, 2.45) is 0 Å². The summed E-state index contributed by atoms with van der Waals surface area (Å²) in [6.07, 6.45) is 0. The SMILES string of the molecule is CCn1nc(C)c(Cl)c1CNc1ccc(Br)c(F)c1. The van der Waals surface area contributed by atoms with Crippen molar-refractivity contribution in [1.82, 2.24) is 9.78 Å². The van der Waals surface area contributed by atoms with Crippen molar-refractivity contribution < 1.29 is 4.39 Å². The second-order valence-corrected chi connectivity index (χ2v) is 5.38. The van der Waals surface area contributed by atoms with Crippen LogP contribution in [0.25, 0.3) is 0 Å². The summed E-state index contributed by atoms with van der Waals surface area (Å²) in [5, 5.41) is 8.15. The van der Waals surface area contributed by atoms with Gasteiger partial charge in [-0.15, -0.1) is 0 Å². The highest BCUT2D eigenvalue weighted by molar-refractivity contribution is 9.10. The van der Waals surface area contributed by atoms with Crippen LogP contribution in [0.1, 0.15) is 18.3 Å². The Morgan fingerprint density at radius 2 is 2.21 bits per heavy atom. The molecule has 2 rings (SSSR count). The maximum atomic E-state index is 13.4. The average Bonchev–Trinajstić information content (AvgIpc) is 2.67. The van der Waals surface area contributed by atoms with Crippen LogP contribution in [0.4, 0.5) is 10.1 Å². The molecule has 1 aromatic carbocycles. The molecular weight excluding hydrogens is 333 g/mol. The van der Waals surface area contributed by atoms with Gasteiger partial charge in [0.2, 0.25) is 0 Å². The quantitative estimate of drug-likeness (QED) is 0.890. The van der Waals surface area contributed by atoms with E-state index < -0.39 is 0 Å². The lowest BCUT2D eigenvalue weighted by atomic mass is 10.3. The van der Waals surface area contributed by atoms with E-state index in [2.05, 4.69) is 26.3 Å². The first kappa shape index (κ1) is 14.3. The van der Waals surface area contributed by atoms with Crippen LogP contribution in [0.2, 0.25) is 5.02 Å². The molecule has 0 aliphatic carbocycles. The highest BCUT2D eigenvalue weighted by Gasteiger charge is 2.12. The van der Waals surface area contributed by atoms with Gasteiger partial charge in [0.15, 0.2) is 0 Å². The number of anilines is 1. The number of aromatic nitrogens is 2. The Balaban J connectivity index is 2.16. The standard InChI is InChI=1S/C13H14BrClFN3/c1-3-19-12(13(15)8(2)18-19)7-17-9-4-5-10(14)11(16)6-9/h4-6,17H,3,7H2,1-2H3. The van der Waals surface area contributed by atoms with E-state index in [1.165, 1.54) is 6.07 Å². The van der Waals surface area contributed by atoms with Gasteiger partial charge in [-0.05, 0) is 48.0 Å². The molecule has 6 heteroatoms. The third-order valence-electron chi connectivity index (χ3n) is 2.83. The average molecular weight is 347 g/mol. The van der Waals surface area contributed by atoms with Crippen LogP contribution in [0.5, 0.6) is 0 Å². The van der Waals surface area contributed by atoms with E-state index in [1.54, 1.807) is 12.1 Å². The Morgan fingerprint density at radius 1 is 1.47 bits per heavy atom. The van der Waals surface area contributed by atoms with Gasteiger partial charge < -0.3 is 5.32 Å². The lowest BCUT2D eigenvalue weighted by Gasteiger charge is -2.09. The molecule has 0 fully saturated rings. The molecule has 0 radical (unpaired) electrons. The Kier molecular flexibility index (Phi) is 4.47. The molecule has 1 aromatic heterocycles. The number of benzene rings is 1. The zero-order valence-corrected chi connectivity index (χ0v) is 13.0. The van der Waals surface area contributed by atoms with Crippen molar-refractivity contribution >= 4 is 33.2 Å². The first-order chi connectivity index (χ1) is 9.02. The van der Waals surface area contributed by atoms with Gasteiger partial charge in [0, 0.05) is 12.2 Å². The van der Waals surface area contributed by atoms with Gasteiger partial charge in [-0.25, -0.2) is 4.39 Å². The summed E-state index contributed by atoms with van der Waals surface area (Å²) in [4.78, 5) is 0. The van der Waals surface area contributed by atoms with Gasteiger partial charge >= 0.3 is 0 Å². The minimum atomic E-state index is -0.295. The normalized spacial score (nSPS) is 10.8. The lowest BCUT2D eigenvalue weighted by molar-refractivity contribution is 0.618. The highest BCUT2D eigenvalue weighted by atomic mass is 79.9. The molecule has 0 aliphatic rings. The Bertz CT molecular complexity index is 598. The number of rotatable bonds is 4. The van der Waals surface area contributed by atoms with Gasteiger partial charge in [-0.1, -0.05) is 11.6 Å². The minimum Gasteiger partial charge on any atom is -0.379 e. The number of nitrogens with one attached hydrogen (secondary N) is 1. The molecule has 2 aromatic rings. The van der Waals surface area contributed by atoms with Gasteiger partial charge in [-0.2, -0.15) is 5.10 Å². The topological polar surface area (TPSA) is 29.9 Å². The van der Waals surface area contributed by atoms with E-state index in [0.717, 1.165) is 17.9 Å². The lowest BCUT2D eigenvalue weighted by Crippen LogP contribution is -2.08. The Morgan fingerprint density at radius 3 is 2.84 bits per heavy atom. The molecule has 1 heterocycles. The molecule has 1 N–H and O–H groups in total. The summed E-state index contributed by atoms with van der Waals surface area (Å²) in [7, 11) is 0. The number of hydrogen-bond acceptors (Lipinski definition) is 2. The molecule has 0 atom stereocenters. The maximum Gasteiger partial charge on any atom is 0.139 e. The van der Waals surface area contributed by atoms with E-state index in [4.69, 9.17) is 11.6 Å². The van der Waals surface area contributed by atoms with E-state index in [9.17, 15) is 4.39 Å². The molecule has 0 unspecified atom stereocenters. The predicted octanol–water partition coefficient (Wildman–Crippen LogP) is 4.38. The maximum absolute atomic E-state index is 13.4. The molecule has 0 aliphatic heterocycles. The van der Waals surface area contributed by atoms with E-state index >= 15 is 0 Å². The highest BCUT2D eigenvalue weighted by Crippen LogP contribution is 2.23. The van der Waals surface area contributed by atoms with Crippen LogP contribution in [-0.4, -0.2) is 9.78 Å². The molecule has 0 saturated carbocycles. The monoisotopic (exact) mass is 345 g/mol. The zero-order chi connectivity index (χ0) is 14.0. The number of aryl methyl sites for hydroxylation is 2. The fourth-order valence-corrected chi connectivity index (χ4v) is 2.28. The molecule has 0 saturated heterocycles. The Hall–Kier alpha value is -1.07. The van der Waals surface area contributed by atoms with Gasteiger partial charge in [0.25, 0.3) is 0 Å². The first-order valence-electron chi connectivity index (χ1n) is 5.93. The van der Waals surface area contributed by atoms with Crippen LogP contribution in [0.3, 0.4) is 0 Å². The van der Waals surface area contributed by atoms with Gasteiger partial charge in [0.1, 0.15) is 5.82 Å². The van der Waals surface area contributed by atoms with Crippen molar-refractivity contribution in [3.8, 4) is 0 Å². The van der Waals surface area contributed by atoms with Crippen molar-refractivity contribution in [2.75, 3.05) is 5.32 Å².